The highest BCUT2D eigenvalue weighted by Crippen LogP contribution is 2.38. The third-order valence-corrected chi connectivity index (χ3v) is 4.13. The summed E-state index contributed by atoms with van der Waals surface area (Å²) in [6.45, 7) is 1.76. The molecule has 0 aliphatic carbocycles. The van der Waals surface area contributed by atoms with Gasteiger partial charge in [0.2, 0.25) is 5.91 Å². The molecule has 1 atom stereocenters. The molecule has 1 aliphatic rings. The summed E-state index contributed by atoms with van der Waals surface area (Å²) in [6.07, 6.45) is 1.69. The fraction of sp³-hybridized carbons (Fsp3) is 0.250. The van der Waals surface area contributed by atoms with Crippen LogP contribution in [-0.4, -0.2) is 22.5 Å². The van der Waals surface area contributed by atoms with E-state index in [9.17, 15) is 9.90 Å². The van der Waals surface area contributed by atoms with Crippen molar-refractivity contribution in [2.24, 2.45) is 0 Å². The lowest BCUT2D eigenvalue weighted by molar-refractivity contribution is -0.128. The number of halogens is 1. The monoisotopic (exact) mass is 313 g/mol. The van der Waals surface area contributed by atoms with Gasteiger partial charge in [-0.15, -0.1) is 0 Å². The smallest absolute Gasteiger partial charge is 0.223 e. The second kappa shape index (κ2) is 4.84. The van der Waals surface area contributed by atoms with Crippen LogP contribution in [0.4, 0.5) is 0 Å². The highest BCUT2D eigenvalue weighted by Gasteiger charge is 2.34. The number of benzene rings is 1. The minimum Gasteiger partial charge on any atom is -0.373 e. The average Bonchev–Trinajstić information content (AvgIpc) is 2.29. The number of amides is 1. The number of thioether (sulfide) groups is 1. The molecule has 3 nitrogen and oxygen atoms in total. The van der Waals surface area contributed by atoms with Gasteiger partial charge in [-0.2, -0.15) is 0 Å². The maximum atomic E-state index is 11.3. The molecule has 0 spiro atoms. The van der Waals surface area contributed by atoms with Crippen LogP contribution in [0.25, 0.3) is 0 Å². The van der Waals surface area contributed by atoms with Gasteiger partial charge in [0.25, 0.3) is 0 Å². The summed E-state index contributed by atoms with van der Waals surface area (Å²) < 4.78 is 0.963. The van der Waals surface area contributed by atoms with E-state index in [2.05, 4.69) is 15.9 Å². The van der Waals surface area contributed by atoms with Gasteiger partial charge >= 0.3 is 0 Å². The van der Waals surface area contributed by atoms with E-state index >= 15 is 0 Å². The molecule has 1 unspecified atom stereocenters. The molecule has 0 saturated carbocycles. The van der Waals surface area contributed by atoms with Crippen LogP contribution >= 0.6 is 27.7 Å². The van der Waals surface area contributed by atoms with Gasteiger partial charge in [-0.1, -0.05) is 39.8 Å². The van der Waals surface area contributed by atoms with Crippen LogP contribution in [0.3, 0.4) is 0 Å². The SMILES string of the molecule is CC(=O)N1C=CSC(O)(c2ccc(Br)cc2)C1. The number of hydrogen-bond donors (Lipinski definition) is 1. The van der Waals surface area contributed by atoms with Crippen LogP contribution < -0.4 is 0 Å². The van der Waals surface area contributed by atoms with Gasteiger partial charge in [-0.25, -0.2) is 0 Å². The Morgan fingerprint density at radius 1 is 1.47 bits per heavy atom. The van der Waals surface area contributed by atoms with E-state index in [0.717, 1.165) is 10.0 Å². The summed E-state index contributed by atoms with van der Waals surface area (Å²) in [5.74, 6) is -0.0721. The summed E-state index contributed by atoms with van der Waals surface area (Å²) in [5, 5.41) is 12.3. The normalized spacial score (nSPS) is 23.8. The largest absolute Gasteiger partial charge is 0.373 e. The van der Waals surface area contributed by atoms with Crippen molar-refractivity contribution in [1.29, 1.82) is 0 Å². The Morgan fingerprint density at radius 2 is 2.12 bits per heavy atom. The Labute approximate surface area is 113 Å². The third kappa shape index (κ3) is 2.73. The lowest BCUT2D eigenvalue weighted by Crippen LogP contribution is -2.40. The molecule has 0 radical (unpaired) electrons. The molecule has 1 aromatic carbocycles. The topological polar surface area (TPSA) is 40.5 Å². The quantitative estimate of drug-likeness (QED) is 0.866. The van der Waals surface area contributed by atoms with Gasteiger partial charge < -0.3 is 10.0 Å². The molecule has 1 amide bonds. The fourth-order valence-electron chi connectivity index (χ4n) is 1.62. The third-order valence-electron chi connectivity index (χ3n) is 2.59. The summed E-state index contributed by atoms with van der Waals surface area (Å²) in [4.78, 5) is 11.8. The summed E-state index contributed by atoms with van der Waals surface area (Å²) in [7, 11) is 0. The van der Waals surface area contributed by atoms with Crippen LogP contribution in [0.5, 0.6) is 0 Å². The van der Waals surface area contributed by atoms with Crippen LogP contribution in [0.2, 0.25) is 0 Å². The van der Waals surface area contributed by atoms with Gasteiger partial charge in [0.1, 0.15) is 0 Å². The molecule has 1 aromatic rings. The van der Waals surface area contributed by atoms with E-state index in [-0.39, 0.29) is 12.5 Å². The van der Waals surface area contributed by atoms with Crippen molar-refractivity contribution in [2.75, 3.05) is 6.54 Å². The fourth-order valence-corrected chi connectivity index (χ4v) is 2.81. The lowest BCUT2D eigenvalue weighted by Gasteiger charge is -2.34. The Kier molecular flexibility index (Phi) is 3.61. The first-order chi connectivity index (χ1) is 8.01. The second-order valence-electron chi connectivity index (χ2n) is 3.84. The van der Waals surface area contributed by atoms with Gasteiger partial charge in [-0.3, -0.25) is 4.79 Å². The van der Waals surface area contributed by atoms with Crippen molar-refractivity contribution in [2.45, 2.75) is 11.9 Å². The van der Waals surface area contributed by atoms with Gasteiger partial charge in [0.15, 0.2) is 4.93 Å². The summed E-state index contributed by atoms with van der Waals surface area (Å²) in [5.41, 5.74) is 0.793. The number of hydrogen-bond acceptors (Lipinski definition) is 3. The average molecular weight is 314 g/mol. The maximum absolute atomic E-state index is 11.3. The molecule has 1 heterocycles. The highest BCUT2D eigenvalue weighted by molar-refractivity contribution is 9.10. The minimum atomic E-state index is -1.07. The predicted molar refractivity (Wildman–Crippen MR) is 72.2 cm³/mol. The van der Waals surface area contributed by atoms with Gasteiger partial charge in [0, 0.05) is 17.6 Å². The van der Waals surface area contributed by atoms with Crippen molar-refractivity contribution in [1.82, 2.24) is 4.90 Å². The molecule has 0 fully saturated rings. The first-order valence-corrected chi connectivity index (χ1v) is 6.79. The van der Waals surface area contributed by atoms with E-state index in [0.29, 0.717) is 0 Å². The van der Waals surface area contributed by atoms with Gasteiger partial charge in [-0.05, 0) is 23.1 Å². The summed E-state index contributed by atoms with van der Waals surface area (Å²) >= 11 is 4.67. The van der Waals surface area contributed by atoms with Gasteiger partial charge in [0.05, 0.1) is 6.54 Å². The molecule has 2 rings (SSSR count). The molecule has 17 heavy (non-hydrogen) atoms. The number of carbonyl (C=O) groups excluding carboxylic acids is 1. The van der Waals surface area contributed by atoms with E-state index in [1.165, 1.54) is 23.6 Å². The van der Waals surface area contributed by atoms with E-state index < -0.39 is 4.93 Å². The van der Waals surface area contributed by atoms with E-state index in [1.807, 2.05) is 24.3 Å². The molecule has 0 aromatic heterocycles. The number of nitrogens with zero attached hydrogens (tertiary/aromatic N) is 1. The Bertz CT molecular complexity index is 460. The van der Waals surface area contributed by atoms with Crippen molar-refractivity contribution in [3.63, 3.8) is 0 Å². The van der Waals surface area contributed by atoms with E-state index in [1.54, 1.807) is 11.6 Å². The number of aliphatic hydroxyl groups is 1. The first kappa shape index (κ1) is 12.7. The number of carbonyl (C=O) groups is 1. The van der Waals surface area contributed by atoms with Crippen molar-refractivity contribution < 1.29 is 9.90 Å². The molecule has 0 bridgehead atoms. The zero-order valence-corrected chi connectivity index (χ0v) is 11.7. The summed E-state index contributed by atoms with van der Waals surface area (Å²) in [6, 6.07) is 7.47. The van der Waals surface area contributed by atoms with Crippen molar-refractivity contribution in [3.8, 4) is 0 Å². The van der Waals surface area contributed by atoms with Crippen molar-refractivity contribution >= 4 is 33.6 Å². The minimum absolute atomic E-state index is 0.0721. The van der Waals surface area contributed by atoms with E-state index in [4.69, 9.17) is 0 Å². The van der Waals surface area contributed by atoms with Crippen LogP contribution in [0.1, 0.15) is 12.5 Å². The molecule has 90 valence electrons. The molecule has 1 aliphatic heterocycles. The zero-order valence-electron chi connectivity index (χ0n) is 9.26. The zero-order chi connectivity index (χ0) is 12.5. The van der Waals surface area contributed by atoms with Crippen molar-refractivity contribution in [3.05, 3.63) is 45.9 Å². The Hall–Kier alpha value is -0.780. The van der Waals surface area contributed by atoms with Crippen LogP contribution in [0, 0.1) is 0 Å². The number of rotatable bonds is 1. The second-order valence-corrected chi connectivity index (χ2v) is 5.94. The molecular weight excluding hydrogens is 302 g/mol. The van der Waals surface area contributed by atoms with Crippen LogP contribution in [0.15, 0.2) is 40.3 Å². The molecular formula is C12H12BrNO2S. The maximum Gasteiger partial charge on any atom is 0.223 e. The first-order valence-electron chi connectivity index (χ1n) is 5.11. The molecule has 0 saturated heterocycles. The Morgan fingerprint density at radius 3 is 2.71 bits per heavy atom. The van der Waals surface area contributed by atoms with Crippen LogP contribution in [-0.2, 0) is 9.73 Å². The lowest BCUT2D eigenvalue weighted by atomic mass is 10.1. The highest BCUT2D eigenvalue weighted by atomic mass is 79.9. The predicted octanol–water partition coefficient (Wildman–Crippen LogP) is 2.66. The molecule has 5 heteroatoms. The number of β-amino-alcohol motifs (C(OH)–C–C–N with tert-alkyl or cyclic N) is 1. The molecule has 1 N–H and O–H groups in total. The standard InChI is InChI=1S/C12H12BrNO2S/c1-9(15)14-6-7-17-12(16,8-14)10-2-4-11(13)5-3-10/h2-7,16H,8H2,1H3. The Balaban J connectivity index is 2.28.